The Kier molecular flexibility index (Phi) is 5.04. The molecule has 1 N–H and O–H groups in total. The van der Waals surface area contributed by atoms with Gasteiger partial charge in [0, 0.05) is 6.54 Å². The third-order valence-corrected chi connectivity index (χ3v) is 4.57. The molecule has 2 nitrogen and oxygen atoms in total. The maximum absolute atomic E-state index is 13.4. The Morgan fingerprint density at radius 3 is 2.52 bits per heavy atom. The van der Waals surface area contributed by atoms with Crippen LogP contribution >= 0.6 is 11.6 Å². The first kappa shape index (κ1) is 16.4. The molecule has 1 fully saturated rings. The molecule has 1 aromatic carbocycles. The second-order valence-electron chi connectivity index (χ2n) is 5.70. The van der Waals surface area contributed by atoms with Crippen molar-refractivity contribution in [3.8, 4) is 5.75 Å². The van der Waals surface area contributed by atoms with E-state index in [0.717, 1.165) is 12.8 Å². The van der Waals surface area contributed by atoms with Crippen molar-refractivity contribution in [2.24, 2.45) is 5.92 Å². The van der Waals surface area contributed by atoms with Gasteiger partial charge in [0.15, 0.2) is 0 Å². The number of halogens is 4. The third-order valence-electron chi connectivity index (χ3n) is 4.13. The Morgan fingerprint density at radius 1 is 1.33 bits per heavy atom. The van der Waals surface area contributed by atoms with E-state index in [-0.39, 0.29) is 23.2 Å². The smallest absolute Gasteiger partial charge is 0.404 e. The van der Waals surface area contributed by atoms with Crippen molar-refractivity contribution in [3.05, 3.63) is 28.8 Å². The van der Waals surface area contributed by atoms with Crippen molar-refractivity contribution in [1.29, 1.82) is 0 Å². The van der Waals surface area contributed by atoms with Gasteiger partial charge in [-0.1, -0.05) is 36.6 Å². The molecule has 0 bridgehead atoms. The van der Waals surface area contributed by atoms with E-state index in [1.165, 1.54) is 18.0 Å². The fraction of sp³-hybridized carbons (Fsp3) is 0.600. The maximum atomic E-state index is 13.4. The summed E-state index contributed by atoms with van der Waals surface area (Å²) in [5.74, 6) is -0.460. The molecule has 6 heteroatoms. The molecule has 118 valence electrons. The highest BCUT2D eigenvalue weighted by Crippen LogP contribution is 2.39. The summed E-state index contributed by atoms with van der Waals surface area (Å²) in [4.78, 5) is 1.30. The summed E-state index contributed by atoms with van der Waals surface area (Å²) < 4.78 is 40.1. The van der Waals surface area contributed by atoms with Crippen LogP contribution in [0.1, 0.15) is 31.2 Å². The maximum Gasteiger partial charge on any atom is 0.404 e. The van der Waals surface area contributed by atoms with Crippen LogP contribution in [-0.2, 0) is 6.54 Å². The van der Waals surface area contributed by atoms with Crippen molar-refractivity contribution in [1.82, 2.24) is 4.90 Å². The van der Waals surface area contributed by atoms with Gasteiger partial charge in [-0.25, -0.2) is 0 Å². The van der Waals surface area contributed by atoms with Crippen LogP contribution in [0.2, 0.25) is 5.02 Å². The molecule has 0 radical (unpaired) electrons. The number of phenolic OH excluding ortho intramolecular Hbond substituents is 1. The molecule has 0 aromatic heterocycles. The topological polar surface area (TPSA) is 23.5 Å². The number of aromatic hydroxyl groups is 1. The number of hydrogen-bond acceptors (Lipinski definition) is 2. The molecule has 0 aliphatic heterocycles. The second kappa shape index (κ2) is 6.44. The lowest BCUT2D eigenvalue weighted by Crippen LogP contribution is -2.47. The van der Waals surface area contributed by atoms with Crippen LogP contribution in [0.4, 0.5) is 13.2 Å². The average Bonchev–Trinajstić information content (AvgIpc) is 2.87. The van der Waals surface area contributed by atoms with Gasteiger partial charge in [0.2, 0.25) is 0 Å². The molecule has 0 heterocycles. The van der Waals surface area contributed by atoms with Crippen molar-refractivity contribution in [2.75, 3.05) is 7.05 Å². The summed E-state index contributed by atoms with van der Waals surface area (Å²) in [6.45, 7) is 0.0634. The Labute approximate surface area is 127 Å². The van der Waals surface area contributed by atoms with E-state index in [1.807, 2.05) is 0 Å². The first-order chi connectivity index (χ1) is 9.80. The molecule has 0 spiro atoms. The summed E-state index contributed by atoms with van der Waals surface area (Å²) in [7, 11) is 1.47. The number of alkyl halides is 3. The van der Waals surface area contributed by atoms with Crippen molar-refractivity contribution < 1.29 is 18.3 Å². The van der Waals surface area contributed by atoms with Crippen LogP contribution in [0.15, 0.2) is 18.2 Å². The summed E-state index contributed by atoms with van der Waals surface area (Å²) >= 11 is 5.96. The molecule has 21 heavy (non-hydrogen) atoms. The molecule has 1 aromatic rings. The Balaban J connectivity index is 2.18. The van der Waals surface area contributed by atoms with Gasteiger partial charge in [0.25, 0.3) is 0 Å². The number of rotatable bonds is 4. The number of benzene rings is 1. The van der Waals surface area contributed by atoms with Gasteiger partial charge in [-0.05, 0) is 37.4 Å². The Morgan fingerprint density at radius 2 is 1.95 bits per heavy atom. The molecule has 1 unspecified atom stereocenters. The third kappa shape index (κ3) is 3.83. The monoisotopic (exact) mass is 321 g/mol. The van der Waals surface area contributed by atoms with E-state index in [0.29, 0.717) is 18.4 Å². The van der Waals surface area contributed by atoms with Gasteiger partial charge in [0.1, 0.15) is 11.8 Å². The van der Waals surface area contributed by atoms with Crippen LogP contribution in [0.3, 0.4) is 0 Å². The van der Waals surface area contributed by atoms with Gasteiger partial charge in [-0.15, -0.1) is 0 Å². The predicted octanol–water partition coefficient (Wildman–Crippen LogP) is 4.60. The summed E-state index contributed by atoms with van der Waals surface area (Å²) in [6, 6.07) is 3.19. The zero-order valence-corrected chi connectivity index (χ0v) is 12.6. The van der Waals surface area contributed by atoms with Gasteiger partial charge in [-0.3, -0.25) is 4.90 Å². The molecule has 0 amide bonds. The quantitative estimate of drug-likeness (QED) is 0.876. The molecule has 1 aliphatic carbocycles. The lowest BCUT2D eigenvalue weighted by Gasteiger charge is -2.34. The fourth-order valence-electron chi connectivity index (χ4n) is 3.21. The van der Waals surface area contributed by atoms with Crippen LogP contribution in [0.25, 0.3) is 0 Å². The zero-order valence-electron chi connectivity index (χ0n) is 11.8. The van der Waals surface area contributed by atoms with E-state index >= 15 is 0 Å². The molecule has 0 saturated heterocycles. The molecule has 1 saturated carbocycles. The lowest BCUT2D eigenvalue weighted by molar-refractivity contribution is -0.195. The molecular formula is C15H19ClF3NO. The van der Waals surface area contributed by atoms with Crippen LogP contribution in [-0.4, -0.2) is 29.3 Å². The SMILES string of the molecule is CN(Cc1cccc(O)c1Cl)C(C1CCCC1)C(F)(F)F. The Bertz CT molecular complexity index is 486. The minimum atomic E-state index is -4.26. The largest absolute Gasteiger partial charge is 0.506 e. The summed E-state index contributed by atoms with van der Waals surface area (Å²) in [5.41, 5.74) is 0.506. The van der Waals surface area contributed by atoms with Gasteiger partial charge < -0.3 is 5.11 Å². The summed E-state index contributed by atoms with van der Waals surface area (Å²) in [5, 5.41) is 9.67. The minimum Gasteiger partial charge on any atom is -0.506 e. The van der Waals surface area contributed by atoms with Crippen molar-refractivity contribution in [2.45, 2.75) is 44.4 Å². The van der Waals surface area contributed by atoms with Crippen LogP contribution in [0, 0.1) is 5.92 Å². The lowest BCUT2D eigenvalue weighted by atomic mass is 9.96. The van der Waals surface area contributed by atoms with Crippen molar-refractivity contribution in [3.63, 3.8) is 0 Å². The predicted molar refractivity (Wildman–Crippen MR) is 76.4 cm³/mol. The van der Waals surface area contributed by atoms with Crippen LogP contribution < -0.4 is 0 Å². The van der Waals surface area contributed by atoms with Crippen molar-refractivity contribution >= 4 is 11.6 Å². The van der Waals surface area contributed by atoms with Gasteiger partial charge >= 0.3 is 6.18 Å². The average molecular weight is 322 g/mol. The first-order valence-corrected chi connectivity index (χ1v) is 7.42. The zero-order chi connectivity index (χ0) is 15.6. The number of phenols is 1. The Hall–Kier alpha value is -0.940. The van der Waals surface area contributed by atoms with Gasteiger partial charge in [-0.2, -0.15) is 13.2 Å². The number of nitrogens with zero attached hydrogens (tertiary/aromatic N) is 1. The highest BCUT2D eigenvalue weighted by atomic mass is 35.5. The van der Waals surface area contributed by atoms with Crippen LogP contribution in [0.5, 0.6) is 5.75 Å². The van der Waals surface area contributed by atoms with E-state index in [4.69, 9.17) is 11.6 Å². The number of hydrogen-bond donors (Lipinski definition) is 1. The highest BCUT2D eigenvalue weighted by Gasteiger charge is 2.47. The van der Waals surface area contributed by atoms with E-state index in [1.54, 1.807) is 12.1 Å². The second-order valence-corrected chi connectivity index (χ2v) is 6.07. The summed E-state index contributed by atoms with van der Waals surface area (Å²) in [6.07, 6.45) is -1.31. The standard InChI is InChI=1S/C15H19ClF3NO/c1-20(9-11-7-4-8-12(21)13(11)16)14(15(17,18)19)10-5-2-3-6-10/h4,7-8,10,14,21H,2-3,5-6,9H2,1H3. The van der Waals surface area contributed by atoms with E-state index < -0.39 is 12.2 Å². The molecule has 2 rings (SSSR count). The van der Waals surface area contributed by atoms with E-state index in [2.05, 4.69) is 0 Å². The fourth-order valence-corrected chi connectivity index (χ4v) is 3.39. The van der Waals surface area contributed by atoms with Gasteiger partial charge in [0.05, 0.1) is 5.02 Å². The normalized spacial score (nSPS) is 18.4. The molecular weight excluding hydrogens is 303 g/mol. The minimum absolute atomic E-state index is 0.0634. The molecule has 1 aliphatic rings. The molecule has 1 atom stereocenters. The highest BCUT2D eigenvalue weighted by molar-refractivity contribution is 6.32. The van der Waals surface area contributed by atoms with E-state index in [9.17, 15) is 18.3 Å². The first-order valence-electron chi connectivity index (χ1n) is 7.04.